The molecule has 2 rings (SSSR count). The lowest BCUT2D eigenvalue weighted by Gasteiger charge is -2.25. The standard InChI is InChI=1S/C18H24N2/c1-14-7-9-16(10-8-14)11-15(2)20(3)13-17-5-4-6-18(19)12-17/h4-10,12,15H,11,13,19H2,1-3H3. The second kappa shape index (κ2) is 6.58. The van der Waals surface area contributed by atoms with Crippen LogP contribution in [-0.4, -0.2) is 18.0 Å². The van der Waals surface area contributed by atoms with Crippen molar-refractivity contribution in [3.63, 3.8) is 0 Å². The minimum Gasteiger partial charge on any atom is -0.399 e. The van der Waals surface area contributed by atoms with Crippen LogP contribution in [-0.2, 0) is 13.0 Å². The van der Waals surface area contributed by atoms with Crippen LogP contribution in [0.2, 0.25) is 0 Å². The van der Waals surface area contributed by atoms with Crippen molar-refractivity contribution in [2.24, 2.45) is 0 Å². The van der Waals surface area contributed by atoms with Gasteiger partial charge in [0.15, 0.2) is 0 Å². The van der Waals surface area contributed by atoms with Crippen molar-refractivity contribution in [2.75, 3.05) is 12.8 Å². The van der Waals surface area contributed by atoms with E-state index in [9.17, 15) is 0 Å². The molecule has 0 fully saturated rings. The van der Waals surface area contributed by atoms with Crippen molar-refractivity contribution in [2.45, 2.75) is 32.9 Å². The molecular formula is C18H24N2. The van der Waals surface area contributed by atoms with Crippen LogP contribution in [0.25, 0.3) is 0 Å². The first-order chi connectivity index (χ1) is 9.54. The second-order valence-corrected chi connectivity index (χ2v) is 5.70. The van der Waals surface area contributed by atoms with Gasteiger partial charge in [0.05, 0.1) is 0 Å². The van der Waals surface area contributed by atoms with Crippen LogP contribution in [0.5, 0.6) is 0 Å². The van der Waals surface area contributed by atoms with E-state index in [1.807, 2.05) is 12.1 Å². The first-order valence-electron chi connectivity index (χ1n) is 7.15. The Morgan fingerprint density at radius 1 is 1.05 bits per heavy atom. The van der Waals surface area contributed by atoms with Gasteiger partial charge in [0.2, 0.25) is 0 Å². The lowest BCUT2D eigenvalue weighted by Crippen LogP contribution is -2.30. The summed E-state index contributed by atoms with van der Waals surface area (Å²) in [6.07, 6.45) is 1.07. The predicted molar refractivity (Wildman–Crippen MR) is 86.7 cm³/mol. The Bertz CT molecular complexity index is 546. The molecule has 20 heavy (non-hydrogen) atoms. The molecular weight excluding hydrogens is 244 g/mol. The number of nitrogens with zero attached hydrogens (tertiary/aromatic N) is 1. The molecule has 0 saturated heterocycles. The van der Waals surface area contributed by atoms with Crippen LogP contribution in [0.3, 0.4) is 0 Å². The maximum atomic E-state index is 5.83. The molecule has 1 unspecified atom stereocenters. The van der Waals surface area contributed by atoms with Crippen molar-refractivity contribution >= 4 is 5.69 Å². The Morgan fingerprint density at radius 2 is 1.75 bits per heavy atom. The average molecular weight is 268 g/mol. The zero-order valence-corrected chi connectivity index (χ0v) is 12.6. The maximum absolute atomic E-state index is 5.83. The lowest BCUT2D eigenvalue weighted by atomic mass is 10.0. The maximum Gasteiger partial charge on any atom is 0.0317 e. The molecule has 0 aliphatic carbocycles. The monoisotopic (exact) mass is 268 g/mol. The van der Waals surface area contributed by atoms with Gasteiger partial charge in [-0.15, -0.1) is 0 Å². The van der Waals surface area contributed by atoms with E-state index in [2.05, 4.69) is 62.2 Å². The Labute approximate surface area is 122 Å². The molecule has 0 amide bonds. The van der Waals surface area contributed by atoms with E-state index in [0.29, 0.717) is 6.04 Å². The van der Waals surface area contributed by atoms with Crippen LogP contribution in [0.15, 0.2) is 48.5 Å². The van der Waals surface area contributed by atoms with E-state index < -0.39 is 0 Å². The zero-order valence-electron chi connectivity index (χ0n) is 12.6. The minimum atomic E-state index is 0.499. The SMILES string of the molecule is Cc1ccc(CC(C)N(C)Cc2cccc(N)c2)cc1. The van der Waals surface area contributed by atoms with Crippen molar-refractivity contribution in [1.82, 2.24) is 4.90 Å². The summed E-state index contributed by atoms with van der Waals surface area (Å²) in [5.41, 5.74) is 10.6. The Morgan fingerprint density at radius 3 is 2.40 bits per heavy atom. The Balaban J connectivity index is 1.94. The second-order valence-electron chi connectivity index (χ2n) is 5.70. The van der Waals surface area contributed by atoms with E-state index in [-0.39, 0.29) is 0 Å². The molecule has 2 aromatic carbocycles. The van der Waals surface area contributed by atoms with Gasteiger partial charge in [-0.25, -0.2) is 0 Å². The Kier molecular flexibility index (Phi) is 4.80. The highest BCUT2D eigenvalue weighted by atomic mass is 15.1. The number of nitrogens with two attached hydrogens (primary N) is 1. The van der Waals surface area contributed by atoms with Gasteiger partial charge in [0, 0.05) is 18.3 Å². The summed E-state index contributed by atoms with van der Waals surface area (Å²) in [5.74, 6) is 0. The molecule has 0 aliphatic heterocycles. The highest BCUT2D eigenvalue weighted by Gasteiger charge is 2.10. The van der Waals surface area contributed by atoms with Crippen molar-refractivity contribution in [3.8, 4) is 0 Å². The third kappa shape index (κ3) is 4.10. The van der Waals surface area contributed by atoms with Gasteiger partial charge >= 0.3 is 0 Å². The lowest BCUT2D eigenvalue weighted by molar-refractivity contribution is 0.248. The van der Waals surface area contributed by atoms with Gasteiger partial charge < -0.3 is 5.73 Å². The summed E-state index contributed by atoms with van der Waals surface area (Å²) < 4.78 is 0. The molecule has 0 aliphatic rings. The minimum absolute atomic E-state index is 0.499. The first kappa shape index (κ1) is 14.6. The summed E-state index contributed by atoms with van der Waals surface area (Å²) in [5, 5.41) is 0. The zero-order chi connectivity index (χ0) is 14.5. The molecule has 106 valence electrons. The molecule has 2 aromatic rings. The van der Waals surface area contributed by atoms with Gasteiger partial charge in [0.1, 0.15) is 0 Å². The summed E-state index contributed by atoms with van der Waals surface area (Å²) in [6.45, 7) is 5.32. The highest BCUT2D eigenvalue weighted by Crippen LogP contribution is 2.13. The van der Waals surface area contributed by atoms with E-state index in [4.69, 9.17) is 5.73 Å². The van der Waals surface area contributed by atoms with Crippen molar-refractivity contribution in [3.05, 3.63) is 65.2 Å². The van der Waals surface area contributed by atoms with Gasteiger partial charge in [-0.1, -0.05) is 42.0 Å². The van der Waals surface area contributed by atoms with Crippen LogP contribution in [0.4, 0.5) is 5.69 Å². The fourth-order valence-corrected chi connectivity index (χ4v) is 2.36. The molecule has 0 heterocycles. The number of likely N-dealkylation sites (N-methyl/N-ethyl adjacent to an activating group) is 1. The average Bonchev–Trinajstić information content (AvgIpc) is 2.41. The summed E-state index contributed by atoms with van der Waals surface area (Å²) in [4.78, 5) is 2.37. The number of benzene rings is 2. The van der Waals surface area contributed by atoms with Gasteiger partial charge in [-0.05, 0) is 50.6 Å². The molecule has 0 radical (unpaired) electrons. The molecule has 1 atom stereocenters. The smallest absolute Gasteiger partial charge is 0.0317 e. The molecule has 2 heteroatoms. The number of nitrogen functional groups attached to an aromatic ring is 1. The predicted octanol–water partition coefficient (Wildman–Crippen LogP) is 3.64. The molecule has 2 N–H and O–H groups in total. The number of hydrogen-bond donors (Lipinski definition) is 1. The molecule has 0 spiro atoms. The van der Waals surface area contributed by atoms with E-state index in [0.717, 1.165) is 18.7 Å². The quantitative estimate of drug-likeness (QED) is 0.839. The third-order valence-electron chi connectivity index (χ3n) is 3.79. The van der Waals surface area contributed by atoms with E-state index in [1.54, 1.807) is 0 Å². The number of rotatable bonds is 5. The van der Waals surface area contributed by atoms with Gasteiger partial charge in [-0.2, -0.15) is 0 Å². The molecule has 0 bridgehead atoms. The number of hydrogen-bond acceptors (Lipinski definition) is 2. The fraction of sp³-hybridized carbons (Fsp3) is 0.333. The van der Waals surface area contributed by atoms with E-state index in [1.165, 1.54) is 16.7 Å². The Hall–Kier alpha value is -1.80. The van der Waals surface area contributed by atoms with Crippen molar-refractivity contribution < 1.29 is 0 Å². The molecule has 0 aromatic heterocycles. The van der Waals surface area contributed by atoms with Crippen LogP contribution in [0, 0.1) is 6.92 Å². The molecule has 2 nitrogen and oxygen atoms in total. The number of aryl methyl sites for hydroxylation is 1. The van der Waals surface area contributed by atoms with Crippen molar-refractivity contribution in [1.29, 1.82) is 0 Å². The van der Waals surface area contributed by atoms with Crippen LogP contribution >= 0.6 is 0 Å². The number of anilines is 1. The topological polar surface area (TPSA) is 29.3 Å². The van der Waals surface area contributed by atoms with Crippen LogP contribution in [0.1, 0.15) is 23.6 Å². The van der Waals surface area contributed by atoms with Gasteiger partial charge in [0.25, 0.3) is 0 Å². The summed E-state index contributed by atoms with van der Waals surface area (Å²) >= 11 is 0. The van der Waals surface area contributed by atoms with Gasteiger partial charge in [-0.3, -0.25) is 4.90 Å². The summed E-state index contributed by atoms with van der Waals surface area (Å²) in [6, 6.07) is 17.4. The molecule has 0 saturated carbocycles. The van der Waals surface area contributed by atoms with Crippen LogP contribution < -0.4 is 5.73 Å². The third-order valence-corrected chi connectivity index (χ3v) is 3.79. The van der Waals surface area contributed by atoms with E-state index >= 15 is 0 Å². The normalized spacial score (nSPS) is 12.6. The fourth-order valence-electron chi connectivity index (χ4n) is 2.36. The largest absolute Gasteiger partial charge is 0.399 e. The summed E-state index contributed by atoms with van der Waals surface area (Å²) in [7, 11) is 2.17. The highest BCUT2D eigenvalue weighted by molar-refractivity contribution is 5.40. The first-order valence-corrected chi connectivity index (χ1v) is 7.15.